The van der Waals surface area contributed by atoms with Gasteiger partial charge in [0, 0.05) is 50.3 Å². The molecule has 0 spiro atoms. The fourth-order valence-electron chi connectivity index (χ4n) is 3.20. The standard InChI is InChI=1S/C17H25N3/c1-13(2)20-11-14(3)16-6-4-5-15(17(16)20)12-19-9-7-18-8-10-19/h4-6,11,13,18H,7-10,12H2,1-3H3. The molecule has 108 valence electrons. The van der Waals surface area contributed by atoms with Gasteiger partial charge in [-0.25, -0.2) is 0 Å². The molecule has 3 nitrogen and oxygen atoms in total. The molecule has 1 aromatic carbocycles. The molecular formula is C17H25N3. The van der Waals surface area contributed by atoms with Gasteiger partial charge in [-0.2, -0.15) is 0 Å². The van der Waals surface area contributed by atoms with Crippen molar-refractivity contribution in [1.82, 2.24) is 14.8 Å². The minimum atomic E-state index is 0.510. The van der Waals surface area contributed by atoms with E-state index in [1.807, 2.05) is 0 Å². The van der Waals surface area contributed by atoms with Crippen molar-refractivity contribution in [1.29, 1.82) is 0 Å². The van der Waals surface area contributed by atoms with E-state index in [2.05, 4.69) is 60.0 Å². The number of piperazine rings is 1. The average Bonchev–Trinajstić information content (AvgIpc) is 2.79. The highest BCUT2D eigenvalue weighted by Gasteiger charge is 2.15. The van der Waals surface area contributed by atoms with Crippen molar-refractivity contribution in [3.05, 3.63) is 35.5 Å². The van der Waals surface area contributed by atoms with Gasteiger partial charge in [0.1, 0.15) is 0 Å². The maximum absolute atomic E-state index is 3.42. The van der Waals surface area contributed by atoms with Crippen LogP contribution in [0, 0.1) is 6.92 Å². The van der Waals surface area contributed by atoms with Crippen LogP contribution in [0.3, 0.4) is 0 Å². The van der Waals surface area contributed by atoms with Crippen molar-refractivity contribution in [3.8, 4) is 0 Å². The van der Waals surface area contributed by atoms with Crippen LogP contribution in [0.2, 0.25) is 0 Å². The molecule has 0 atom stereocenters. The highest BCUT2D eigenvalue weighted by molar-refractivity contribution is 5.86. The summed E-state index contributed by atoms with van der Waals surface area (Å²) in [5, 5.41) is 4.83. The van der Waals surface area contributed by atoms with Crippen LogP contribution < -0.4 is 5.32 Å². The number of benzene rings is 1. The lowest BCUT2D eigenvalue weighted by molar-refractivity contribution is 0.233. The van der Waals surface area contributed by atoms with Crippen LogP contribution in [-0.4, -0.2) is 35.6 Å². The molecule has 1 N–H and O–H groups in total. The molecule has 1 aliphatic rings. The van der Waals surface area contributed by atoms with E-state index in [0.29, 0.717) is 6.04 Å². The van der Waals surface area contributed by atoms with Crippen LogP contribution in [0.15, 0.2) is 24.4 Å². The Bertz CT molecular complexity index is 592. The number of hydrogen-bond donors (Lipinski definition) is 1. The molecule has 0 saturated carbocycles. The van der Waals surface area contributed by atoms with Crippen LogP contribution in [0.5, 0.6) is 0 Å². The molecule has 0 aliphatic carbocycles. The summed E-state index contributed by atoms with van der Waals surface area (Å²) in [4.78, 5) is 2.55. The monoisotopic (exact) mass is 271 g/mol. The first-order valence-electron chi connectivity index (χ1n) is 7.69. The summed E-state index contributed by atoms with van der Waals surface area (Å²) < 4.78 is 2.43. The molecule has 2 aromatic rings. The summed E-state index contributed by atoms with van der Waals surface area (Å²) in [5.74, 6) is 0. The zero-order valence-electron chi connectivity index (χ0n) is 12.8. The predicted molar refractivity (Wildman–Crippen MR) is 85.2 cm³/mol. The van der Waals surface area contributed by atoms with Gasteiger partial charge in [-0.1, -0.05) is 18.2 Å². The van der Waals surface area contributed by atoms with Gasteiger partial charge in [0.25, 0.3) is 0 Å². The third-order valence-corrected chi connectivity index (χ3v) is 4.30. The summed E-state index contributed by atoms with van der Waals surface area (Å²) in [7, 11) is 0. The zero-order chi connectivity index (χ0) is 14.1. The predicted octanol–water partition coefficient (Wildman–Crippen LogP) is 2.94. The van der Waals surface area contributed by atoms with Crippen LogP contribution >= 0.6 is 0 Å². The van der Waals surface area contributed by atoms with Gasteiger partial charge in [-0.05, 0) is 31.9 Å². The van der Waals surface area contributed by atoms with E-state index in [1.165, 1.54) is 22.0 Å². The molecule has 0 radical (unpaired) electrons. The minimum Gasteiger partial charge on any atom is -0.344 e. The van der Waals surface area contributed by atoms with Crippen molar-refractivity contribution in [3.63, 3.8) is 0 Å². The molecule has 2 heterocycles. The van der Waals surface area contributed by atoms with E-state index in [1.54, 1.807) is 0 Å². The Labute approximate surface area is 121 Å². The molecule has 3 heteroatoms. The smallest absolute Gasteiger partial charge is 0.0531 e. The minimum absolute atomic E-state index is 0.510. The Morgan fingerprint density at radius 1 is 1.20 bits per heavy atom. The van der Waals surface area contributed by atoms with Crippen molar-refractivity contribution in [2.75, 3.05) is 26.2 Å². The molecule has 1 aliphatic heterocycles. The topological polar surface area (TPSA) is 20.2 Å². The molecule has 1 fully saturated rings. The Balaban J connectivity index is 2.01. The molecule has 3 rings (SSSR count). The lowest BCUT2D eigenvalue weighted by atomic mass is 10.1. The van der Waals surface area contributed by atoms with E-state index in [-0.39, 0.29) is 0 Å². The first-order valence-corrected chi connectivity index (χ1v) is 7.69. The van der Waals surface area contributed by atoms with Crippen molar-refractivity contribution in [2.24, 2.45) is 0 Å². The highest BCUT2D eigenvalue weighted by atomic mass is 15.2. The number of fused-ring (bicyclic) bond motifs is 1. The SMILES string of the molecule is Cc1cn(C(C)C)c2c(CN3CCNCC3)cccc12. The fourth-order valence-corrected chi connectivity index (χ4v) is 3.20. The quantitative estimate of drug-likeness (QED) is 0.926. The van der Waals surface area contributed by atoms with Crippen LogP contribution in [-0.2, 0) is 6.54 Å². The van der Waals surface area contributed by atoms with Gasteiger partial charge < -0.3 is 9.88 Å². The average molecular weight is 271 g/mol. The summed E-state index contributed by atoms with van der Waals surface area (Å²) in [5.41, 5.74) is 4.28. The second kappa shape index (κ2) is 5.58. The molecule has 0 amide bonds. The molecule has 20 heavy (non-hydrogen) atoms. The largest absolute Gasteiger partial charge is 0.344 e. The van der Waals surface area contributed by atoms with E-state index in [0.717, 1.165) is 32.7 Å². The molecule has 0 bridgehead atoms. The number of aryl methyl sites for hydroxylation is 1. The van der Waals surface area contributed by atoms with E-state index < -0.39 is 0 Å². The van der Waals surface area contributed by atoms with E-state index in [4.69, 9.17) is 0 Å². The number of nitrogens with one attached hydrogen (secondary N) is 1. The van der Waals surface area contributed by atoms with E-state index in [9.17, 15) is 0 Å². The lowest BCUT2D eigenvalue weighted by Gasteiger charge is -2.27. The number of hydrogen-bond acceptors (Lipinski definition) is 2. The normalized spacial score (nSPS) is 17.2. The molecule has 1 aromatic heterocycles. The Morgan fingerprint density at radius 2 is 1.95 bits per heavy atom. The first-order chi connectivity index (χ1) is 9.66. The summed E-state index contributed by atoms with van der Waals surface area (Å²) >= 11 is 0. The third-order valence-electron chi connectivity index (χ3n) is 4.30. The van der Waals surface area contributed by atoms with Gasteiger partial charge in [-0.3, -0.25) is 4.90 Å². The van der Waals surface area contributed by atoms with E-state index >= 15 is 0 Å². The second-order valence-corrected chi connectivity index (χ2v) is 6.15. The number of nitrogens with zero attached hydrogens (tertiary/aromatic N) is 2. The van der Waals surface area contributed by atoms with Gasteiger partial charge in [0.05, 0.1) is 5.52 Å². The molecular weight excluding hydrogens is 246 g/mol. The van der Waals surface area contributed by atoms with Gasteiger partial charge in [0.2, 0.25) is 0 Å². The Hall–Kier alpha value is -1.32. The molecule has 1 saturated heterocycles. The number of aromatic nitrogens is 1. The number of para-hydroxylation sites is 1. The third kappa shape index (κ3) is 2.48. The van der Waals surface area contributed by atoms with Crippen molar-refractivity contribution in [2.45, 2.75) is 33.4 Å². The van der Waals surface area contributed by atoms with Crippen molar-refractivity contribution < 1.29 is 0 Å². The number of rotatable bonds is 3. The van der Waals surface area contributed by atoms with Gasteiger partial charge in [-0.15, -0.1) is 0 Å². The van der Waals surface area contributed by atoms with Crippen LogP contribution in [0.25, 0.3) is 10.9 Å². The fraction of sp³-hybridized carbons (Fsp3) is 0.529. The summed E-state index contributed by atoms with van der Waals surface area (Å²) in [6, 6.07) is 7.26. The maximum Gasteiger partial charge on any atom is 0.0531 e. The van der Waals surface area contributed by atoms with Crippen LogP contribution in [0.1, 0.15) is 31.0 Å². The van der Waals surface area contributed by atoms with Gasteiger partial charge >= 0.3 is 0 Å². The van der Waals surface area contributed by atoms with Crippen LogP contribution in [0.4, 0.5) is 0 Å². The first kappa shape index (κ1) is 13.7. The zero-order valence-corrected chi connectivity index (χ0v) is 12.8. The maximum atomic E-state index is 3.42. The van der Waals surface area contributed by atoms with Crippen molar-refractivity contribution >= 4 is 10.9 Å². The second-order valence-electron chi connectivity index (χ2n) is 6.15. The van der Waals surface area contributed by atoms with Gasteiger partial charge in [0.15, 0.2) is 0 Å². The lowest BCUT2D eigenvalue weighted by Crippen LogP contribution is -2.42. The molecule has 0 unspecified atom stereocenters. The highest BCUT2D eigenvalue weighted by Crippen LogP contribution is 2.28. The Morgan fingerprint density at radius 3 is 2.65 bits per heavy atom. The summed E-state index contributed by atoms with van der Waals surface area (Å²) in [6.45, 7) is 12.3. The Kier molecular flexibility index (Phi) is 3.81. The summed E-state index contributed by atoms with van der Waals surface area (Å²) in [6.07, 6.45) is 2.30.